The lowest BCUT2D eigenvalue weighted by molar-refractivity contribution is 0.0686. The van der Waals surface area contributed by atoms with Gasteiger partial charge in [-0.2, -0.15) is 0 Å². The molecule has 276 valence electrons. The van der Waals surface area contributed by atoms with E-state index in [-0.39, 0.29) is 55.8 Å². The highest BCUT2D eigenvalue weighted by Gasteiger charge is 2.26. The van der Waals surface area contributed by atoms with E-state index in [0.717, 1.165) is 35.7 Å². The molecule has 0 atom stereocenters. The van der Waals surface area contributed by atoms with Crippen LogP contribution in [0.1, 0.15) is 55.9 Å². The summed E-state index contributed by atoms with van der Waals surface area (Å²) in [6, 6.07) is 38.4. The van der Waals surface area contributed by atoms with Crippen molar-refractivity contribution in [3.05, 3.63) is 161 Å². The molecule has 0 saturated heterocycles. The number of anilines is 1. The summed E-state index contributed by atoms with van der Waals surface area (Å²) in [5.74, 6) is 0.309. The molecule has 1 aliphatic carbocycles. The smallest absolute Gasteiger partial charge is 0.254 e. The topological polar surface area (TPSA) is 109 Å². The van der Waals surface area contributed by atoms with Gasteiger partial charge in [0.1, 0.15) is 24.7 Å². The molecule has 1 amide bonds. The molecule has 1 aliphatic rings. The van der Waals surface area contributed by atoms with Gasteiger partial charge in [0.25, 0.3) is 5.91 Å². The molecule has 0 spiro atoms. The van der Waals surface area contributed by atoms with Crippen LogP contribution in [-0.4, -0.2) is 55.9 Å². The van der Waals surface area contributed by atoms with Crippen molar-refractivity contribution in [2.45, 2.75) is 38.8 Å². The number of H-pyrrole nitrogens is 1. The number of Topliss-reactive ketones (excluding diaryl/α,β-unsaturated/α-hetero) is 1. The van der Waals surface area contributed by atoms with E-state index in [9.17, 15) is 18.0 Å². The minimum Gasteiger partial charge on any atom is -0.492 e. The quantitative estimate of drug-likeness (QED) is 0.107. The normalized spacial score (nSPS) is 12.5. The molecule has 0 fully saturated rings. The number of aryl methyl sites for hydroxylation is 2. The van der Waals surface area contributed by atoms with Crippen LogP contribution < -0.4 is 13.8 Å². The lowest BCUT2D eigenvalue weighted by Crippen LogP contribution is -2.38. The number of hydrogen-bond acceptors (Lipinski definition) is 6. The maximum Gasteiger partial charge on any atom is 0.254 e. The molecule has 0 unspecified atom stereocenters. The van der Waals surface area contributed by atoms with Crippen LogP contribution in [0.5, 0.6) is 11.5 Å². The largest absolute Gasteiger partial charge is 0.492 e. The highest BCUT2D eigenvalue weighted by atomic mass is 32.2. The standard InChI is InChI=1S/C44H43N3O6S/c1-54(50,51)47(29-32-13-5-2-6-14-32)41-27-35(21-24-43(41)53-31-33-15-7-3-8-16-33)42(48)30-46(44(49)34-17-9-4-10-18-34)25-26-52-36-22-23-38-37-19-11-12-20-39(37)45-40(38)28-36/h2-10,13-18,21-24,27-28,45H,11-12,19-20,25-26,29-31H2,1H3. The van der Waals surface area contributed by atoms with Crippen molar-refractivity contribution in [2.75, 3.05) is 30.3 Å². The number of aromatic amines is 1. The summed E-state index contributed by atoms with van der Waals surface area (Å²) in [7, 11) is -3.83. The van der Waals surface area contributed by atoms with Crippen molar-refractivity contribution in [3.63, 3.8) is 0 Å². The second-order valence-corrected chi connectivity index (χ2v) is 15.5. The number of ether oxygens (including phenoxy) is 2. The molecular formula is C44H43N3O6S. The number of hydrogen-bond donors (Lipinski definition) is 1. The third-order valence-electron chi connectivity index (χ3n) is 9.70. The van der Waals surface area contributed by atoms with Gasteiger partial charge >= 0.3 is 0 Å². The van der Waals surface area contributed by atoms with Gasteiger partial charge in [0.05, 0.1) is 31.6 Å². The summed E-state index contributed by atoms with van der Waals surface area (Å²) in [5.41, 5.74) is 6.31. The van der Waals surface area contributed by atoms with Crippen LogP contribution in [0, 0.1) is 0 Å². The van der Waals surface area contributed by atoms with Crippen LogP contribution in [0.25, 0.3) is 10.9 Å². The fourth-order valence-corrected chi connectivity index (χ4v) is 7.79. The van der Waals surface area contributed by atoms with E-state index < -0.39 is 10.0 Å². The molecule has 0 saturated carbocycles. The Hall–Kier alpha value is -5.87. The van der Waals surface area contributed by atoms with Crippen molar-refractivity contribution < 1.29 is 27.5 Å². The number of carbonyl (C=O) groups excluding carboxylic acids is 2. The Balaban J connectivity index is 1.14. The Morgan fingerprint density at radius 3 is 2.15 bits per heavy atom. The third-order valence-corrected chi connectivity index (χ3v) is 10.8. The molecule has 7 rings (SSSR count). The first-order valence-electron chi connectivity index (χ1n) is 18.2. The number of sulfonamides is 1. The van der Waals surface area contributed by atoms with Crippen LogP contribution in [0.4, 0.5) is 5.69 Å². The van der Waals surface area contributed by atoms with E-state index in [1.165, 1.54) is 38.7 Å². The number of benzene rings is 5. The van der Waals surface area contributed by atoms with Gasteiger partial charge in [-0.3, -0.25) is 13.9 Å². The van der Waals surface area contributed by atoms with Crippen molar-refractivity contribution in [3.8, 4) is 11.5 Å². The number of amides is 1. The molecule has 1 N–H and O–H groups in total. The number of nitrogens with one attached hydrogen (secondary N) is 1. The summed E-state index contributed by atoms with van der Waals surface area (Å²) in [5, 5.41) is 1.22. The first kappa shape index (κ1) is 36.5. The van der Waals surface area contributed by atoms with Crippen LogP contribution >= 0.6 is 0 Å². The van der Waals surface area contributed by atoms with Crippen LogP contribution in [0.3, 0.4) is 0 Å². The third kappa shape index (κ3) is 8.66. The van der Waals surface area contributed by atoms with E-state index in [1.807, 2.05) is 78.9 Å². The summed E-state index contributed by atoms with van der Waals surface area (Å²) >= 11 is 0. The monoisotopic (exact) mass is 741 g/mol. The maximum absolute atomic E-state index is 14.1. The van der Waals surface area contributed by atoms with Crippen molar-refractivity contribution in [1.82, 2.24) is 9.88 Å². The van der Waals surface area contributed by atoms with Gasteiger partial charge in [-0.1, -0.05) is 78.9 Å². The Bertz CT molecular complexity index is 2340. The number of nitrogens with zero attached hydrogens (tertiary/aromatic N) is 2. The van der Waals surface area contributed by atoms with Gasteiger partial charge in [-0.25, -0.2) is 8.42 Å². The predicted octanol–water partition coefficient (Wildman–Crippen LogP) is 8.00. The van der Waals surface area contributed by atoms with Crippen molar-refractivity contribution in [2.24, 2.45) is 0 Å². The highest BCUT2D eigenvalue weighted by Crippen LogP contribution is 2.34. The summed E-state index contributed by atoms with van der Waals surface area (Å²) in [6.45, 7) is 0.288. The highest BCUT2D eigenvalue weighted by molar-refractivity contribution is 7.92. The molecule has 54 heavy (non-hydrogen) atoms. The molecule has 5 aromatic carbocycles. The molecule has 0 radical (unpaired) electrons. The number of fused-ring (bicyclic) bond motifs is 3. The molecule has 6 aromatic rings. The van der Waals surface area contributed by atoms with Crippen LogP contribution in [0.2, 0.25) is 0 Å². The average Bonchev–Trinajstić information content (AvgIpc) is 3.57. The fourth-order valence-electron chi connectivity index (χ4n) is 6.91. The Kier molecular flexibility index (Phi) is 11.1. The van der Waals surface area contributed by atoms with E-state index in [1.54, 1.807) is 42.5 Å². The minimum absolute atomic E-state index is 0.0336. The van der Waals surface area contributed by atoms with Gasteiger partial charge in [-0.05, 0) is 84.8 Å². The Morgan fingerprint density at radius 1 is 0.741 bits per heavy atom. The summed E-state index contributed by atoms with van der Waals surface area (Å²) in [6.07, 6.45) is 5.64. The lowest BCUT2D eigenvalue weighted by Gasteiger charge is -2.26. The van der Waals surface area contributed by atoms with Crippen molar-refractivity contribution >= 4 is 38.3 Å². The van der Waals surface area contributed by atoms with Gasteiger partial charge < -0.3 is 19.4 Å². The molecule has 1 aromatic heterocycles. The van der Waals surface area contributed by atoms with E-state index in [4.69, 9.17) is 9.47 Å². The zero-order valence-electron chi connectivity index (χ0n) is 30.2. The summed E-state index contributed by atoms with van der Waals surface area (Å²) in [4.78, 5) is 33.0. The van der Waals surface area contributed by atoms with Crippen LogP contribution in [0.15, 0.2) is 127 Å². The van der Waals surface area contributed by atoms with E-state index >= 15 is 0 Å². The number of aromatic nitrogens is 1. The molecule has 0 aliphatic heterocycles. The van der Waals surface area contributed by atoms with Gasteiger partial charge in [-0.15, -0.1) is 0 Å². The van der Waals surface area contributed by atoms with E-state index in [0.29, 0.717) is 17.1 Å². The first-order chi connectivity index (χ1) is 26.2. The van der Waals surface area contributed by atoms with Gasteiger partial charge in [0.15, 0.2) is 5.78 Å². The molecule has 1 heterocycles. The predicted molar refractivity (Wildman–Crippen MR) is 212 cm³/mol. The lowest BCUT2D eigenvalue weighted by atomic mass is 9.96. The molecule has 0 bridgehead atoms. The van der Waals surface area contributed by atoms with Gasteiger partial charge in [0.2, 0.25) is 10.0 Å². The fraction of sp³-hybridized carbons (Fsp3) is 0.227. The Labute approximate surface area is 316 Å². The molecule has 10 heteroatoms. The number of rotatable bonds is 15. The van der Waals surface area contributed by atoms with Gasteiger partial charge in [0, 0.05) is 33.8 Å². The average molecular weight is 742 g/mol. The SMILES string of the molecule is CS(=O)(=O)N(Cc1ccccc1)c1cc(C(=O)CN(CCOc2ccc3c4c([nH]c3c2)CCCC4)C(=O)c2ccccc2)ccc1OCc1ccccc1. The number of carbonyl (C=O) groups is 2. The molecular weight excluding hydrogens is 699 g/mol. The second-order valence-electron chi connectivity index (χ2n) is 13.6. The zero-order chi connectivity index (χ0) is 37.5. The van der Waals surface area contributed by atoms with Crippen LogP contribution in [-0.2, 0) is 36.0 Å². The van der Waals surface area contributed by atoms with E-state index in [2.05, 4.69) is 11.1 Å². The maximum atomic E-state index is 14.1. The molecule has 9 nitrogen and oxygen atoms in total. The summed E-state index contributed by atoms with van der Waals surface area (Å²) < 4.78 is 40.3. The van der Waals surface area contributed by atoms with Crippen molar-refractivity contribution in [1.29, 1.82) is 0 Å². The number of ketones is 1. The second kappa shape index (κ2) is 16.4. The Morgan fingerprint density at radius 2 is 1.43 bits per heavy atom. The minimum atomic E-state index is -3.83. The zero-order valence-corrected chi connectivity index (χ0v) is 31.1. The first-order valence-corrected chi connectivity index (χ1v) is 20.0.